The van der Waals surface area contributed by atoms with E-state index in [1.165, 1.54) is 27.5 Å². The first-order chi connectivity index (χ1) is 30.2. The molecule has 0 aliphatic heterocycles. The second kappa shape index (κ2) is 14.3. The molecule has 0 aliphatic rings. The second-order valence-corrected chi connectivity index (χ2v) is 15.7. The molecule has 2 heterocycles. The van der Waals surface area contributed by atoms with E-state index in [2.05, 4.69) is 217 Å². The smallest absolute Gasteiger partial charge is 0.143 e. The Morgan fingerprint density at radius 3 is 1.64 bits per heavy atom. The van der Waals surface area contributed by atoms with Crippen LogP contribution in [0, 0.1) is 0 Å². The zero-order chi connectivity index (χ0) is 40.3. The van der Waals surface area contributed by atoms with Crippen molar-refractivity contribution in [2.75, 3.05) is 4.90 Å². The number of rotatable bonds is 7. The highest BCUT2D eigenvalue weighted by Crippen LogP contribution is 2.44. The Bertz CT molecular complexity index is 3580. The number of hydrogen-bond donors (Lipinski definition) is 0. The largest absolute Gasteiger partial charge is 0.456 e. The number of hydrogen-bond acceptors (Lipinski definition) is 3. The normalized spacial score (nSPS) is 11.6. The van der Waals surface area contributed by atoms with E-state index in [4.69, 9.17) is 8.83 Å². The quantitative estimate of drug-likeness (QED) is 0.161. The van der Waals surface area contributed by atoms with Gasteiger partial charge in [-0.05, 0) is 111 Å². The van der Waals surface area contributed by atoms with E-state index in [1.54, 1.807) is 0 Å². The highest BCUT2D eigenvalue weighted by Gasteiger charge is 2.20. The Hall–Kier alpha value is -8.14. The summed E-state index contributed by atoms with van der Waals surface area (Å²) in [5, 5.41) is 6.84. The van der Waals surface area contributed by atoms with Crippen LogP contribution in [0.3, 0.4) is 0 Å². The van der Waals surface area contributed by atoms with Gasteiger partial charge in [0, 0.05) is 44.0 Å². The van der Waals surface area contributed by atoms with Crippen LogP contribution in [0.1, 0.15) is 0 Å². The summed E-state index contributed by atoms with van der Waals surface area (Å²) in [5.41, 5.74) is 15.9. The van der Waals surface area contributed by atoms with Gasteiger partial charge in [-0.25, -0.2) is 0 Å². The Morgan fingerprint density at radius 2 is 0.836 bits per heavy atom. The van der Waals surface area contributed by atoms with Gasteiger partial charge in [0.1, 0.15) is 22.3 Å². The molecule has 61 heavy (non-hydrogen) atoms. The van der Waals surface area contributed by atoms with Crippen LogP contribution in [0.4, 0.5) is 17.1 Å². The Morgan fingerprint density at radius 1 is 0.279 bits per heavy atom. The summed E-state index contributed by atoms with van der Waals surface area (Å²) in [6, 6.07) is 80.0. The lowest BCUT2D eigenvalue weighted by Crippen LogP contribution is -2.11. The summed E-state index contributed by atoms with van der Waals surface area (Å²) in [6.45, 7) is 0. The van der Waals surface area contributed by atoms with Crippen molar-refractivity contribution in [1.82, 2.24) is 0 Å². The van der Waals surface area contributed by atoms with Crippen LogP contribution < -0.4 is 4.90 Å². The van der Waals surface area contributed by atoms with Crippen molar-refractivity contribution in [3.63, 3.8) is 0 Å². The van der Waals surface area contributed by atoms with Crippen LogP contribution >= 0.6 is 0 Å². The number of furan rings is 2. The zero-order valence-electron chi connectivity index (χ0n) is 33.1. The van der Waals surface area contributed by atoms with Crippen molar-refractivity contribution in [1.29, 1.82) is 0 Å². The van der Waals surface area contributed by atoms with Gasteiger partial charge in [-0.2, -0.15) is 0 Å². The highest BCUT2D eigenvalue weighted by atomic mass is 16.3. The number of benzene rings is 10. The fraction of sp³-hybridized carbons (Fsp3) is 0. The fourth-order valence-corrected chi connectivity index (χ4v) is 9.05. The molecule has 3 nitrogen and oxygen atoms in total. The van der Waals surface area contributed by atoms with E-state index in [0.717, 1.165) is 88.8 Å². The number of fused-ring (bicyclic) bond motifs is 7. The van der Waals surface area contributed by atoms with Crippen LogP contribution in [-0.2, 0) is 0 Å². The molecule has 0 aliphatic carbocycles. The van der Waals surface area contributed by atoms with Gasteiger partial charge in [-0.1, -0.05) is 158 Å². The zero-order valence-corrected chi connectivity index (χ0v) is 33.1. The van der Waals surface area contributed by atoms with E-state index in [0.29, 0.717) is 0 Å². The van der Waals surface area contributed by atoms with E-state index < -0.39 is 0 Å². The maximum atomic E-state index is 6.45. The standard InChI is InChI=1S/C58H37NO2/c1-2-12-38(13-3-1)41-16-10-17-42(34-41)39-24-29-46(30-25-39)59(47-31-26-40(27-32-47)49-20-11-21-51-50-19-7-9-23-55(50)61-58(49)51)54-22-8-6-18-48(54)45-28-33-56-52(36-45)53-35-43-14-4-5-15-44(43)37-57(53)60-56/h1-37H. The number of nitrogens with zero attached hydrogens (tertiary/aromatic N) is 1. The summed E-state index contributed by atoms with van der Waals surface area (Å²) in [6.07, 6.45) is 0. The van der Waals surface area contributed by atoms with Crippen LogP contribution in [0.25, 0.3) is 99.2 Å². The molecule has 12 aromatic rings. The molecule has 3 heteroatoms. The van der Waals surface area contributed by atoms with Crippen LogP contribution in [0.2, 0.25) is 0 Å². The third-order valence-electron chi connectivity index (χ3n) is 12.1. The number of para-hydroxylation sites is 3. The van der Waals surface area contributed by atoms with Gasteiger partial charge in [0.05, 0.1) is 5.69 Å². The topological polar surface area (TPSA) is 29.5 Å². The first-order valence-corrected chi connectivity index (χ1v) is 20.7. The van der Waals surface area contributed by atoms with Crippen LogP contribution in [0.15, 0.2) is 233 Å². The predicted molar refractivity (Wildman–Crippen MR) is 255 cm³/mol. The summed E-state index contributed by atoms with van der Waals surface area (Å²) >= 11 is 0. The van der Waals surface area contributed by atoms with Crippen LogP contribution in [-0.4, -0.2) is 0 Å². The molecule has 2 aromatic heterocycles. The molecule has 0 saturated heterocycles. The van der Waals surface area contributed by atoms with E-state index in [9.17, 15) is 0 Å². The molecule has 0 N–H and O–H groups in total. The summed E-state index contributed by atoms with van der Waals surface area (Å²) in [4.78, 5) is 2.37. The van der Waals surface area contributed by atoms with E-state index in [-0.39, 0.29) is 0 Å². The van der Waals surface area contributed by atoms with Crippen molar-refractivity contribution in [2.45, 2.75) is 0 Å². The highest BCUT2D eigenvalue weighted by molar-refractivity contribution is 6.12. The third-order valence-corrected chi connectivity index (χ3v) is 12.1. The molecular weight excluding hydrogens is 743 g/mol. The van der Waals surface area contributed by atoms with Crippen molar-refractivity contribution in [2.24, 2.45) is 0 Å². The van der Waals surface area contributed by atoms with Gasteiger partial charge in [-0.15, -0.1) is 0 Å². The molecule has 0 radical (unpaired) electrons. The van der Waals surface area contributed by atoms with Crippen molar-refractivity contribution in [3.05, 3.63) is 224 Å². The van der Waals surface area contributed by atoms with Crippen LogP contribution in [0.5, 0.6) is 0 Å². The predicted octanol–water partition coefficient (Wildman–Crippen LogP) is 16.8. The molecular formula is C58H37NO2. The molecule has 0 bridgehead atoms. The van der Waals surface area contributed by atoms with Gasteiger partial charge in [0.25, 0.3) is 0 Å². The lowest BCUT2D eigenvalue weighted by molar-refractivity contribution is 0.669. The average Bonchev–Trinajstić information content (AvgIpc) is 3.89. The maximum absolute atomic E-state index is 6.45. The lowest BCUT2D eigenvalue weighted by Gasteiger charge is -2.28. The minimum absolute atomic E-state index is 0.880. The van der Waals surface area contributed by atoms with E-state index >= 15 is 0 Å². The maximum Gasteiger partial charge on any atom is 0.143 e. The molecule has 12 rings (SSSR count). The Labute approximate surface area is 353 Å². The molecule has 0 fully saturated rings. The molecule has 0 spiro atoms. The first kappa shape index (κ1) is 34.9. The number of anilines is 3. The van der Waals surface area contributed by atoms with Crippen molar-refractivity contribution < 1.29 is 8.83 Å². The Balaban J connectivity index is 0.986. The SMILES string of the molecule is c1ccc(-c2cccc(-c3ccc(N(c4ccc(-c5cccc6c5oc5ccccc56)cc4)c4ccccc4-c4ccc5oc6cc7ccccc7cc6c5c4)cc3)c2)cc1. The first-order valence-electron chi connectivity index (χ1n) is 20.7. The molecule has 0 unspecified atom stereocenters. The Kier molecular flexibility index (Phi) is 8.17. The third kappa shape index (κ3) is 6.06. The van der Waals surface area contributed by atoms with Gasteiger partial charge in [-0.3, -0.25) is 0 Å². The minimum atomic E-state index is 0.880. The van der Waals surface area contributed by atoms with E-state index in [1.807, 2.05) is 12.1 Å². The summed E-state index contributed by atoms with van der Waals surface area (Å²) in [7, 11) is 0. The summed E-state index contributed by atoms with van der Waals surface area (Å²) < 4.78 is 12.9. The molecule has 0 amide bonds. The van der Waals surface area contributed by atoms with Gasteiger partial charge in [0.15, 0.2) is 0 Å². The molecule has 10 aromatic carbocycles. The fourth-order valence-electron chi connectivity index (χ4n) is 9.05. The lowest BCUT2D eigenvalue weighted by atomic mass is 9.97. The van der Waals surface area contributed by atoms with Gasteiger partial charge < -0.3 is 13.7 Å². The molecule has 0 saturated carbocycles. The second-order valence-electron chi connectivity index (χ2n) is 15.7. The van der Waals surface area contributed by atoms with Gasteiger partial charge >= 0.3 is 0 Å². The average molecular weight is 780 g/mol. The monoisotopic (exact) mass is 779 g/mol. The molecule has 0 atom stereocenters. The van der Waals surface area contributed by atoms with Crippen molar-refractivity contribution in [3.8, 4) is 44.5 Å². The minimum Gasteiger partial charge on any atom is -0.456 e. The van der Waals surface area contributed by atoms with Crippen molar-refractivity contribution >= 4 is 71.7 Å². The van der Waals surface area contributed by atoms with Gasteiger partial charge in [0.2, 0.25) is 0 Å². The molecule has 286 valence electrons. The summed E-state index contributed by atoms with van der Waals surface area (Å²) in [5.74, 6) is 0.